The molecule has 0 aromatic rings. The molecule has 0 bridgehead atoms. The first kappa shape index (κ1) is 16.0. The van der Waals surface area contributed by atoms with E-state index < -0.39 is 0 Å². The molecule has 0 heterocycles. The van der Waals surface area contributed by atoms with E-state index >= 15 is 0 Å². The van der Waals surface area contributed by atoms with Crippen LogP contribution in [0.4, 0.5) is 0 Å². The summed E-state index contributed by atoms with van der Waals surface area (Å²) >= 11 is 0. The third-order valence-electron chi connectivity index (χ3n) is 2.52. The lowest BCUT2D eigenvalue weighted by Gasteiger charge is -2.07. The molecule has 6 N–H and O–H groups in total. The van der Waals surface area contributed by atoms with Crippen LogP contribution in [-0.4, -0.2) is 38.0 Å². The minimum absolute atomic E-state index is 0.0645. The van der Waals surface area contributed by atoms with Crippen LogP contribution in [0.25, 0.3) is 0 Å². The molecular formula is C11H24N4O2. The summed E-state index contributed by atoms with van der Waals surface area (Å²) in [4.78, 5) is 21.9. The summed E-state index contributed by atoms with van der Waals surface area (Å²) < 4.78 is 0. The van der Waals surface area contributed by atoms with Crippen LogP contribution in [0.3, 0.4) is 0 Å². The summed E-state index contributed by atoms with van der Waals surface area (Å²) in [5.41, 5.74) is 10.3. The Hall–Kier alpha value is -0.980. The zero-order valence-corrected chi connectivity index (χ0v) is 10.5. The predicted octanol–water partition coefficient (Wildman–Crippen LogP) is -1.06. The van der Waals surface area contributed by atoms with E-state index in [1.54, 1.807) is 0 Å². The van der Waals surface area contributed by atoms with Crippen LogP contribution in [0.1, 0.15) is 26.2 Å². The van der Waals surface area contributed by atoms with Gasteiger partial charge in [-0.1, -0.05) is 13.3 Å². The first-order valence-corrected chi connectivity index (χ1v) is 6.00. The Kier molecular flexibility index (Phi) is 9.60. The van der Waals surface area contributed by atoms with Gasteiger partial charge < -0.3 is 16.8 Å². The van der Waals surface area contributed by atoms with E-state index in [0.717, 1.165) is 25.8 Å². The van der Waals surface area contributed by atoms with Crippen molar-refractivity contribution in [3.63, 3.8) is 0 Å². The maximum absolute atomic E-state index is 11.2. The second-order valence-corrected chi connectivity index (χ2v) is 4.15. The van der Waals surface area contributed by atoms with E-state index in [9.17, 15) is 9.59 Å². The highest BCUT2D eigenvalue weighted by Gasteiger charge is 2.07. The number of carbonyl (C=O) groups is 2. The van der Waals surface area contributed by atoms with Gasteiger partial charge >= 0.3 is 0 Å². The van der Waals surface area contributed by atoms with Crippen molar-refractivity contribution < 1.29 is 9.59 Å². The summed E-state index contributed by atoms with van der Waals surface area (Å²) in [6, 6.07) is 0. The molecule has 1 atom stereocenters. The Bertz CT molecular complexity index is 234. The highest BCUT2D eigenvalue weighted by Crippen LogP contribution is 2.05. The third-order valence-corrected chi connectivity index (χ3v) is 2.52. The third kappa shape index (κ3) is 9.92. The van der Waals surface area contributed by atoms with E-state index in [1.807, 2.05) is 6.92 Å². The highest BCUT2D eigenvalue weighted by molar-refractivity contribution is 5.82. The Balaban J connectivity index is 3.29. The smallest absolute Gasteiger partial charge is 0.220 e. The highest BCUT2D eigenvalue weighted by atomic mass is 16.1. The van der Waals surface area contributed by atoms with Crippen molar-refractivity contribution in [2.24, 2.45) is 17.4 Å². The van der Waals surface area contributed by atoms with E-state index in [-0.39, 0.29) is 17.6 Å². The normalized spacial score (nSPS) is 12.4. The second kappa shape index (κ2) is 10.2. The van der Waals surface area contributed by atoms with Gasteiger partial charge in [0.2, 0.25) is 5.91 Å². The van der Waals surface area contributed by atoms with Crippen LogP contribution in [0.2, 0.25) is 0 Å². The molecule has 0 fully saturated rings. The van der Waals surface area contributed by atoms with Crippen LogP contribution in [-0.2, 0) is 9.59 Å². The largest absolute Gasteiger partial charge is 0.369 e. The SMILES string of the molecule is C[C@@H](CCCCNCC(=O)CNCN)C(N)=O. The van der Waals surface area contributed by atoms with Gasteiger partial charge in [0.1, 0.15) is 0 Å². The summed E-state index contributed by atoms with van der Waals surface area (Å²) in [6.07, 6.45) is 2.68. The molecule has 100 valence electrons. The molecule has 0 spiro atoms. The van der Waals surface area contributed by atoms with E-state index in [2.05, 4.69) is 10.6 Å². The fourth-order valence-electron chi connectivity index (χ4n) is 1.34. The number of ketones is 1. The second-order valence-electron chi connectivity index (χ2n) is 4.15. The zero-order chi connectivity index (χ0) is 13.1. The molecule has 0 aliphatic heterocycles. The Morgan fingerprint density at radius 2 is 1.82 bits per heavy atom. The summed E-state index contributed by atoms with van der Waals surface area (Å²) in [5.74, 6) is -0.215. The molecule has 0 aromatic heterocycles. The molecule has 0 aliphatic carbocycles. The predicted molar refractivity (Wildman–Crippen MR) is 67.1 cm³/mol. The Morgan fingerprint density at radius 3 is 2.41 bits per heavy atom. The number of carbonyl (C=O) groups excluding carboxylic acids is 2. The quantitative estimate of drug-likeness (QED) is 0.274. The van der Waals surface area contributed by atoms with Crippen molar-refractivity contribution in [2.75, 3.05) is 26.3 Å². The van der Waals surface area contributed by atoms with Crippen LogP contribution in [0.15, 0.2) is 0 Å². The van der Waals surface area contributed by atoms with Gasteiger partial charge in [0, 0.05) is 12.6 Å². The van der Waals surface area contributed by atoms with Gasteiger partial charge in [-0.05, 0) is 19.4 Å². The number of unbranched alkanes of at least 4 members (excludes halogenated alkanes) is 1. The molecule has 0 saturated carbocycles. The fourth-order valence-corrected chi connectivity index (χ4v) is 1.34. The van der Waals surface area contributed by atoms with Gasteiger partial charge in [0.25, 0.3) is 0 Å². The lowest BCUT2D eigenvalue weighted by Crippen LogP contribution is -2.34. The Morgan fingerprint density at radius 1 is 1.18 bits per heavy atom. The lowest BCUT2D eigenvalue weighted by atomic mass is 10.0. The maximum atomic E-state index is 11.2. The van der Waals surface area contributed by atoms with Crippen LogP contribution >= 0.6 is 0 Å². The standard InChI is InChI=1S/C11H24N4O2/c1-9(11(13)17)4-2-3-5-14-6-10(16)7-15-8-12/h9,14-15H,2-8,12H2,1H3,(H2,13,17)/t9-/m0/s1. The van der Waals surface area contributed by atoms with Crippen LogP contribution < -0.4 is 22.1 Å². The molecule has 0 rings (SSSR count). The van der Waals surface area contributed by atoms with E-state index in [0.29, 0.717) is 19.8 Å². The molecule has 6 heteroatoms. The first-order valence-electron chi connectivity index (χ1n) is 6.00. The van der Waals surface area contributed by atoms with Gasteiger partial charge in [0.15, 0.2) is 5.78 Å². The molecule has 0 aromatic carbocycles. The zero-order valence-electron chi connectivity index (χ0n) is 10.5. The van der Waals surface area contributed by atoms with Crippen molar-refractivity contribution in [3.8, 4) is 0 Å². The van der Waals surface area contributed by atoms with Gasteiger partial charge in [-0.25, -0.2) is 0 Å². The number of nitrogens with two attached hydrogens (primary N) is 2. The van der Waals surface area contributed by atoms with E-state index in [1.165, 1.54) is 0 Å². The number of hydrogen-bond acceptors (Lipinski definition) is 5. The lowest BCUT2D eigenvalue weighted by molar-refractivity contribution is -0.121. The maximum Gasteiger partial charge on any atom is 0.220 e. The average molecular weight is 244 g/mol. The van der Waals surface area contributed by atoms with Gasteiger partial charge in [-0.15, -0.1) is 0 Å². The monoisotopic (exact) mass is 244 g/mol. The van der Waals surface area contributed by atoms with E-state index in [4.69, 9.17) is 11.5 Å². The first-order chi connectivity index (χ1) is 8.07. The molecule has 0 saturated heterocycles. The summed E-state index contributed by atoms with van der Waals surface area (Å²) in [5, 5.41) is 5.81. The molecule has 0 radical (unpaired) electrons. The number of amides is 1. The number of Topliss-reactive ketones (excluding diaryl/α,β-unsaturated/α-hetero) is 1. The van der Waals surface area contributed by atoms with Crippen molar-refractivity contribution in [1.82, 2.24) is 10.6 Å². The Labute approximate surface area is 102 Å². The molecule has 0 aliphatic rings. The summed E-state index contributed by atoms with van der Waals surface area (Å²) in [7, 11) is 0. The topological polar surface area (TPSA) is 110 Å². The number of rotatable bonds is 11. The molecular weight excluding hydrogens is 220 g/mol. The number of nitrogens with one attached hydrogen (secondary N) is 2. The van der Waals surface area contributed by atoms with Crippen LogP contribution in [0.5, 0.6) is 0 Å². The molecule has 6 nitrogen and oxygen atoms in total. The van der Waals surface area contributed by atoms with Gasteiger partial charge in [0.05, 0.1) is 13.1 Å². The van der Waals surface area contributed by atoms with Crippen molar-refractivity contribution in [2.45, 2.75) is 26.2 Å². The van der Waals surface area contributed by atoms with Gasteiger partial charge in [-0.3, -0.25) is 14.9 Å². The minimum atomic E-state index is -0.249. The fraction of sp³-hybridized carbons (Fsp3) is 0.818. The number of hydrogen-bond donors (Lipinski definition) is 4. The molecule has 1 amide bonds. The average Bonchev–Trinajstić information content (AvgIpc) is 2.30. The molecule has 0 unspecified atom stereocenters. The van der Waals surface area contributed by atoms with Crippen molar-refractivity contribution >= 4 is 11.7 Å². The van der Waals surface area contributed by atoms with Crippen molar-refractivity contribution in [3.05, 3.63) is 0 Å². The minimum Gasteiger partial charge on any atom is -0.369 e. The van der Waals surface area contributed by atoms with Crippen LogP contribution in [0, 0.1) is 5.92 Å². The summed E-state index contributed by atoms with van der Waals surface area (Å²) in [6.45, 7) is 3.59. The number of primary amides is 1. The van der Waals surface area contributed by atoms with Gasteiger partial charge in [-0.2, -0.15) is 0 Å². The van der Waals surface area contributed by atoms with Crippen molar-refractivity contribution in [1.29, 1.82) is 0 Å². The molecule has 17 heavy (non-hydrogen) atoms.